The summed E-state index contributed by atoms with van der Waals surface area (Å²) in [6.45, 7) is 3.85. The van der Waals surface area contributed by atoms with Crippen LogP contribution in [0.5, 0.6) is 0 Å². The highest BCUT2D eigenvalue weighted by atomic mass is 19.1. The van der Waals surface area contributed by atoms with Crippen molar-refractivity contribution in [1.29, 1.82) is 0 Å². The van der Waals surface area contributed by atoms with Crippen LogP contribution in [0.4, 0.5) is 14.5 Å². The Labute approximate surface area is 153 Å². The molecule has 3 rings (SSSR count). The van der Waals surface area contributed by atoms with Crippen molar-refractivity contribution in [1.82, 2.24) is 10.6 Å². The Morgan fingerprint density at radius 3 is 2.88 bits per heavy atom. The highest BCUT2D eigenvalue weighted by molar-refractivity contribution is 5.80. The molecule has 1 aliphatic carbocycles. The predicted molar refractivity (Wildman–Crippen MR) is 99.6 cm³/mol. The molecule has 7 heteroatoms. The number of hydrogen-bond donors (Lipinski definition) is 2. The zero-order valence-corrected chi connectivity index (χ0v) is 15.3. The van der Waals surface area contributed by atoms with Gasteiger partial charge in [-0.25, -0.2) is 8.78 Å². The molecule has 144 valence electrons. The van der Waals surface area contributed by atoms with Gasteiger partial charge in [0.2, 0.25) is 0 Å². The molecule has 5 nitrogen and oxygen atoms in total. The molecule has 1 saturated heterocycles. The first kappa shape index (κ1) is 18.9. The first-order valence-electron chi connectivity index (χ1n) is 9.40. The van der Waals surface area contributed by atoms with Gasteiger partial charge in [-0.2, -0.15) is 0 Å². The third-order valence-corrected chi connectivity index (χ3v) is 4.81. The van der Waals surface area contributed by atoms with Crippen molar-refractivity contribution in [2.45, 2.75) is 31.7 Å². The van der Waals surface area contributed by atoms with E-state index >= 15 is 0 Å². The zero-order valence-electron chi connectivity index (χ0n) is 15.3. The van der Waals surface area contributed by atoms with E-state index in [0.29, 0.717) is 12.2 Å². The van der Waals surface area contributed by atoms with E-state index in [1.807, 2.05) is 4.90 Å². The molecule has 1 aromatic carbocycles. The minimum Gasteiger partial charge on any atom is -0.381 e. The first-order valence-corrected chi connectivity index (χ1v) is 9.40. The molecule has 0 aromatic heterocycles. The molecule has 0 radical (unpaired) electrons. The van der Waals surface area contributed by atoms with Crippen LogP contribution in [0, 0.1) is 17.6 Å². The van der Waals surface area contributed by atoms with E-state index in [2.05, 4.69) is 15.6 Å². The Morgan fingerprint density at radius 1 is 1.31 bits per heavy atom. The summed E-state index contributed by atoms with van der Waals surface area (Å²) in [4.78, 5) is 6.18. The van der Waals surface area contributed by atoms with Gasteiger partial charge in [-0.3, -0.25) is 4.99 Å². The fourth-order valence-electron chi connectivity index (χ4n) is 3.14. The summed E-state index contributed by atoms with van der Waals surface area (Å²) in [7, 11) is 1.74. The summed E-state index contributed by atoms with van der Waals surface area (Å²) >= 11 is 0. The molecule has 0 bridgehead atoms. The van der Waals surface area contributed by atoms with Gasteiger partial charge in [-0.15, -0.1) is 0 Å². The van der Waals surface area contributed by atoms with Gasteiger partial charge in [-0.05, 0) is 43.7 Å². The minimum atomic E-state index is -0.550. The first-order chi connectivity index (χ1) is 12.7. The smallest absolute Gasteiger partial charge is 0.191 e. The predicted octanol–water partition coefficient (Wildman–Crippen LogP) is 2.53. The number of hydrogen-bond acceptors (Lipinski definition) is 3. The topological polar surface area (TPSA) is 48.9 Å². The van der Waals surface area contributed by atoms with E-state index in [-0.39, 0.29) is 6.04 Å². The van der Waals surface area contributed by atoms with Crippen LogP contribution < -0.4 is 15.5 Å². The molecule has 1 aliphatic heterocycles. The van der Waals surface area contributed by atoms with Crippen LogP contribution in [-0.2, 0) is 4.74 Å². The molecule has 0 amide bonds. The summed E-state index contributed by atoms with van der Waals surface area (Å²) in [5.41, 5.74) is 0.450. The minimum absolute atomic E-state index is 0.178. The Balaban J connectivity index is 1.37. The van der Waals surface area contributed by atoms with Crippen LogP contribution in [-0.4, -0.2) is 51.9 Å². The standard InChI is InChI=1S/C19H28F2N4O/c1-22-19(23-8-2-10-26-13-14-3-4-14)24-16-7-9-25(12-16)18-6-5-15(20)11-17(18)21/h5-6,11,14,16H,2-4,7-10,12-13H2,1H3,(H2,22,23,24). The van der Waals surface area contributed by atoms with E-state index in [4.69, 9.17) is 4.74 Å². The van der Waals surface area contributed by atoms with E-state index < -0.39 is 11.6 Å². The molecule has 2 N–H and O–H groups in total. The Morgan fingerprint density at radius 2 is 2.15 bits per heavy atom. The summed E-state index contributed by atoms with van der Waals surface area (Å²) in [5.74, 6) is 0.484. The number of ether oxygens (including phenoxy) is 1. The zero-order chi connectivity index (χ0) is 18.4. The second kappa shape index (κ2) is 9.16. The lowest BCUT2D eigenvalue weighted by atomic mass is 10.2. The Hall–Kier alpha value is -1.89. The Bertz CT molecular complexity index is 622. The molecular formula is C19H28F2N4O. The lowest BCUT2D eigenvalue weighted by Gasteiger charge is -2.21. The average Bonchev–Trinajstić information content (AvgIpc) is 3.34. The fourth-order valence-corrected chi connectivity index (χ4v) is 3.14. The molecule has 1 aromatic rings. The van der Waals surface area contributed by atoms with Crippen LogP contribution in [0.25, 0.3) is 0 Å². The molecule has 0 spiro atoms. The van der Waals surface area contributed by atoms with Crippen molar-refractivity contribution in [3.8, 4) is 0 Å². The van der Waals surface area contributed by atoms with Gasteiger partial charge in [0, 0.05) is 52.0 Å². The molecule has 1 saturated carbocycles. The molecule has 2 aliphatic rings. The summed E-state index contributed by atoms with van der Waals surface area (Å²) in [6, 6.07) is 3.91. The number of anilines is 1. The van der Waals surface area contributed by atoms with Gasteiger partial charge >= 0.3 is 0 Å². The highest BCUT2D eigenvalue weighted by Crippen LogP contribution is 2.28. The molecule has 1 unspecified atom stereocenters. The number of nitrogens with one attached hydrogen (secondary N) is 2. The van der Waals surface area contributed by atoms with Gasteiger partial charge in [0.15, 0.2) is 5.96 Å². The number of halogens is 2. The van der Waals surface area contributed by atoms with E-state index in [9.17, 15) is 8.78 Å². The van der Waals surface area contributed by atoms with Gasteiger partial charge in [0.05, 0.1) is 5.69 Å². The number of aliphatic imine (C=N–C) groups is 1. The SMILES string of the molecule is CN=C(NCCCOCC1CC1)NC1CCN(c2ccc(F)cc2F)C1. The summed E-state index contributed by atoms with van der Waals surface area (Å²) in [5, 5.41) is 6.67. The second-order valence-corrected chi connectivity index (χ2v) is 7.04. The monoisotopic (exact) mass is 366 g/mol. The van der Waals surface area contributed by atoms with Gasteiger partial charge in [0.25, 0.3) is 0 Å². The van der Waals surface area contributed by atoms with Crippen molar-refractivity contribution in [2.75, 3.05) is 44.8 Å². The van der Waals surface area contributed by atoms with Gasteiger partial charge in [0.1, 0.15) is 11.6 Å². The van der Waals surface area contributed by atoms with Crippen molar-refractivity contribution < 1.29 is 13.5 Å². The molecule has 2 fully saturated rings. The van der Waals surface area contributed by atoms with Crippen LogP contribution >= 0.6 is 0 Å². The maximum Gasteiger partial charge on any atom is 0.191 e. The molecule has 26 heavy (non-hydrogen) atoms. The van der Waals surface area contributed by atoms with E-state index in [0.717, 1.165) is 57.1 Å². The lowest BCUT2D eigenvalue weighted by Crippen LogP contribution is -2.45. The van der Waals surface area contributed by atoms with E-state index in [1.54, 1.807) is 7.05 Å². The largest absolute Gasteiger partial charge is 0.381 e. The van der Waals surface area contributed by atoms with Crippen molar-refractivity contribution in [3.63, 3.8) is 0 Å². The number of nitrogens with zero attached hydrogens (tertiary/aromatic N) is 2. The van der Waals surface area contributed by atoms with E-state index in [1.165, 1.54) is 25.0 Å². The maximum atomic E-state index is 13.9. The summed E-state index contributed by atoms with van der Waals surface area (Å²) in [6.07, 6.45) is 4.44. The third-order valence-electron chi connectivity index (χ3n) is 4.81. The summed E-state index contributed by atoms with van der Waals surface area (Å²) < 4.78 is 32.6. The van der Waals surface area contributed by atoms with Crippen LogP contribution in [0.15, 0.2) is 23.2 Å². The quantitative estimate of drug-likeness (QED) is 0.422. The van der Waals surface area contributed by atoms with Crippen molar-refractivity contribution >= 4 is 11.6 Å². The lowest BCUT2D eigenvalue weighted by molar-refractivity contribution is 0.123. The highest BCUT2D eigenvalue weighted by Gasteiger charge is 2.25. The third kappa shape index (κ3) is 5.56. The van der Waals surface area contributed by atoms with Crippen LogP contribution in [0.1, 0.15) is 25.7 Å². The maximum absolute atomic E-state index is 13.9. The second-order valence-electron chi connectivity index (χ2n) is 7.04. The van der Waals surface area contributed by atoms with Crippen LogP contribution in [0.3, 0.4) is 0 Å². The number of benzene rings is 1. The van der Waals surface area contributed by atoms with Gasteiger partial charge < -0.3 is 20.3 Å². The fraction of sp³-hybridized carbons (Fsp3) is 0.632. The van der Waals surface area contributed by atoms with Crippen LogP contribution in [0.2, 0.25) is 0 Å². The molecule has 1 atom stereocenters. The number of rotatable bonds is 8. The normalized spacial score (nSPS) is 20.5. The van der Waals surface area contributed by atoms with Crippen molar-refractivity contribution in [3.05, 3.63) is 29.8 Å². The van der Waals surface area contributed by atoms with Crippen molar-refractivity contribution in [2.24, 2.45) is 10.9 Å². The average molecular weight is 366 g/mol. The molecule has 1 heterocycles. The molecular weight excluding hydrogens is 338 g/mol. The van der Waals surface area contributed by atoms with Gasteiger partial charge in [-0.1, -0.05) is 0 Å². The number of guanidine groups is 1. The Kier molecular flexibility index (Phi) is 6.66.